The fourth-order valence-corrected chi connectivity index (χ4v) is 1.98. The lowest BCUT2D eigenvalue weighted by Crippen LogP contribution is -2.11. The maximum atomic E-state index is 13.3. The lowest BCUT2D eigenvalue weighted by molar-refractivity contribution is 0.120. The van der Waals surface area contributed by atoms with E-state index in [0.29, 0.717) is 19.8 Å². The number of ether oxygens (including phenoxy) is 1. The summed E-state index contributed by atoms with van der Waals surface area (Å²) in [5, 5.41) is 0. The van der Waals surface area contributed by atoms with Gasteiger partial charge >= 0.3 is 0 Å². The normalized spacial score (nSPS) is 11.3. The molecular formula is C13H18FN3O. The van der Waals surface area contributed by atoms with Gasteiger partial charge in [-0.25, -0.2) is 9.37 Å². The van der Waals surface area contributed by atoms with Gasteiger partial charge in [0.1, 0.15) is 18.2 Å². The summed E-state index contributed by atoms with van der Waals surface area (Å²) in [6, 6.07) is 4.64. The number of fused-ring (bicyclic) bond motifs is 1. The van der Waals surface area contributed by atoms with Crippen molar-refractivity contribution in [2.24, 2.45) is 5.73 Å². The molecule has 0 radical (unpaired) electrons. The first-order valence-electron chi connectivity index (χ1n) is 6.18. The lowest BCUT2D eigenvalue weighted by Gasteiger charge is -2.07. The quantitative estimate of drug-likeness (QED) is 0.799. The molecule has 4 nitrogen and oxygen atoms in total. The molecule has 0 bridgehead atoms. The summed E-state index contributed by atoms with van der Waals surface area (Å²) >= 11 is 0. The van der Waals surface area contributed by atoms with Gasteiger partial charge in [-0.2, -0.15) is 0 Å². The van der Waals surface area contributed by atoms with Crippen molar-refractivity contribution >= 4 is 11.0 Å². The fraction of sp³-hybridized carbons (Fsp3) is 0.462. The van der Waals surface area contributed by atoms with Crippen LogP contribution < -0.4 is 5.73 Å². The molecule has 0 saturated heterocycles. The highest BCUT2D eigenvalue weighted by Crippen LogP contribution is 2.18. The Bertz CT molecular complexity index is 524. The van der Waals surface area contributed by atoms with Crippen LogP contribution in [0.3, 0.4) is 0 Å². The van der Waals surface area contributed by atoms with E-state index in [0.717, 1.165) is 29.8 Å². The molecule has 0 fully saturated rings. The number of hydrogen-bond acceptors (Lipinski definition) is 3. The van der Waals surface area contributed by atoms with Crippen LogP contribution in [0.15, 0.2) is 18.2 Å². The van der Waals surface area contributed by atoms with Gasteiger partial charge in [0.15, 0.2) is 0 Å². The number of nitrogens with two attached hydrogens (primary N) is 1. The molecular weight excluding hydrogens is 233 g/mol. The van der Waals surface area contributed by atoms with E-state index < -0.39 is 0 Å². The van der Waals surface area contributed by atoms with Crippen LogP contribution in [0.25, 0.3) is 11.0 Å². The van der Waals surface area contributed by atoms with E-state index >= 15 is 0 Å². The molecule has 0 aliphatic rings. The van der Waals surface area contributed by atoms with Crippen molar-refractivity contribution in [1.82, 2.24) is 9.55 Å². The van der Waals surface area contributed by atoms with Crippen LogP contribution in [-0.2, 0) is 17.9 Å². The molecule has 0 aliphatic heterocycles. The van der Waals surface area contributed by atoms with Gasteiger partial charge in [0.25, 0.3) is 0 Å². The summed E-state index contributed by atoms with van der Waals surface area (Å²) in [6.07, 6.45) is 0.964. The van der Waals surface area contributed by atoms with E-state index in [2.05, 4.69) is 11.9 Å². The molecule has 0 atom stereocenters. The molecule has 0 unspecified atom stereocenters. The smallest absolute Gasteiger partial charge is 0.135 e. The minimum Gasteiger partial charge on any atom is -0.372 e. The second-order valence-electron chi connectivity index (χ2n) is 4.15. The highest BCUT2D eigenvalue weighted by molar-refractivity contribution is 5.76. The maximum absolute atomic E-state index is 13.3. The molecule has 1 aromatic carbocycles. The molecule has 2 N–H and O–H groups in total. The Balaban J connectivity index is 2.35. The predicted molar refractivity (Wildman–Crippen MR) is 68.7 cm³/mol. The number of imidazole rings is 1. The van der Waals surface area contributed by atoms with Gasteiger partial charge in [-0.15, -0.1) is 0 Å². The third-order valence-electron chi connectivity index (χ3n) is 2.73. The van der Waals surface area contributed by atoms with Gasteiger partial charge in [-0.3, -0.25) is 0 Å². The van der Waals surface area contributed by atoms with Crippen LogP contribution in [0.1, 0.15) is 19.2 Å². The molecule has 0 saturated carbocycles. The number of aromatic nitrogens is 2. The highest BCUT2D eigenvalue weighted by Gasteiger charge is 2.10. The molecule has 5 heteroatoms. The molecule has 1 aromatic heterocycles. The van der Waals surface area contributed by atoms with Gasteiger partial charge in [0.2, 0.25) is 0 Å². The first-order valence-corrected chi connectivity index (χ1v) is 6.18. The van der Waals surface area contributed by atoms with Crippen molar-refractivity contribution in [3.8, 4) is 0 Å². The van der Waals surface area contributed by atoms with Crippen molar-refractivity contribution in [1.29, 1.82) is 0 Å². The first kappa shape index (κ1) is 13.0. The highest BCUT2D eigenvalue weighted by atomic mass is 19.1. The number of benzene rings is 1. The zero-order valence-electron chi connectivity index (χ0n) is 10.5. The Labute approximate surface area is 106 Å². The van der Waals surface area contributed by atoms with Crippen LogP contribution >= 0.6 is 0 Å². The molecule has 2 rings (SSSR count). The number of halogens is 1. The van der Waals surface area contributed by atoms with Crippen molar-refractivity contribution in [2.75, 3.05) is 13.2 Å². The van der Waals surface area contributed by atoms with Gasteiger partial charge in [-0.05, 0) is 24.6 Å². The van der Waals surface area contributed by atoms with E-state index in [4.69, 9.17) is 10.5 Å². The molecule has 0 spiro atoms. The van der Waals surface area contributed by atoms with E-state index in [-0.39, 0.29) is 5.82 Å². The second kappa shape index (κ2) is 5.93. The van der Waals surface area contributed by atoms with E-state index in [1.807, 2.05) is 4.57 Å². The lowest BCUT2D eigenvalue weighted by atomic mass is 10.3. The minimum atomic E-state index is -0.242. The number of hydrogen-bond donors (Lipinski definition) is 1. The third-order valence-corrected chi connectivity index (χ3v) is 2.73. The monoisotopic (exact) mass is 251 g/mol. The Kier molecular flexibility index (Phi) is 4.28. The Morgan fingerprint density at radius 2 is 2.28 bits per heavy atom. The minimum absolute atomic E-state index is 0.242. The molecule has 18 heavy (non-hydrogen) atoms. The first-order chi connectivity index (χ1) is 8.76. The van der Waals surface area contributed by atoms with Gasteiger partial charge in [0, 0.05) is 13.1 Å². The third kappa shape index (κ3) is 2.68. The number of aryl methyl sites for hydroxylation is 1. The molecule has 0 aliphatic carbocycles. The van der Waals surface area contributed by atoms with E-state index in [1.54, 1.807) is 6.07 Å². The van der Waals surface area contributed by atoms with Crippen molar-refractivity contribution in [3.63, 3.8) is 0 Å². The Morgan fingerprint density at radius 1 is 1.44 bits per heavy atom. The zero-order valence-corrected chi connectivity index (χ0v) is 10.5. The molecule has 98 valence electrons. The topological polar surface area (TPSA) is 53.1 Å². The summed E-state index contributed by atoms with van der Waals surface area (Å²) in [7, 11) is 0. The fourth-order valence-electron chi connectivity index (χ4n) is 1.98. The molecule has 0 amide bonds. The zero-order chi connectivity index (χ0) is 13.0. The van der Waals surface area contributed by atoms with Gasteiger partial charge in [-0.1, -0.05) is 6.92 Å². The van der Waals surface area contributed by atoms with Gasteiger partial charge < -0.3 is 15.0 Å². The average Bonchev–Trinajstić information content (AvgIpc) is 2.68. The van der Waals surface area contributed by atoms with Crippen molar-refractivity contribution < 1.29 is 9.13 Å². The Hall–Kier alpha value is -1.46. The van der Waals surface area contributed by atoms with E-state index in [1.165, 1.54) is 12.1 Å². The van der Waals surface area contributed by atoms with Crippen LogP contribution in [-0.4, -0.2) is 22.7 Å². The summed E-state index contributed by atoms with van der Waals surface area (Å²) < 4.78 is 20.7. The van der Waals surface area contributed by atoms with Crippen LogP contribution in [0.2, 0.25) is 0 Å². The maximum Gasteiger partial charge on any atom is 0.135 e. The number of rotatable bonds is 6. The summed E-state index contributed by atoms with van der Waals surface area (Å²) in [5.41, 5.74) is 7.01. The number of nitrogens with zero attached hydrogens (tertiary/aromatic N) is 2. The van der Waals surface area contributed by atoms with Crippen molar-refractivity contribution in [3.05, 3.63) is 29.8 Å². The summed E-state index contributed by atoms with van der Waals surface area (Å²) in [5.74, 6) is 0.583. The standard InChI is InChI=1S/C13H18FN3O/c1-2-6-17-12-8-10(14)3-4-11(12)16-13(17)9-18-7-5-15/h3-4,8H,2,5-7,9,15H2,1H3. The van der Waals surface area contributed by atoms with Crippen LogP contribution in [0, 0.1) is 5.82 Å². The summed E-state index contributed by atoms with van der Waals surface area (Å²) in [6.45, 7) is 4.29. The summed E-state index contributed by atoms with van der Waals surface area (Å²) in [4.78, 5) is 4.47. The van der Waals surface area contributed by atoms with Gasteiger partial charge in [0.05, 0.1) is 17.6 Å². The predicted octanol–water partition coefficient (Wildman–Crippen LogP) is 2.06. The average molecular weight is 251 g/mol. The van der Waals surface area contributed by atoms with Crippen molar-refractivity contribution in [2.45, 2.75) is 26.5 Å². The van der Waals surface area contributed by atoms with Crippen LogP contribution in [0.4, 0.5) is 4.39 Å². The van der Waals surface area contributed by atoms with Crippen LogP contribution in [0.5, 0.6) is 0 Å². The second-order valence-corrected chi connectivity index (χ2v) is 4.15. The SMILES string of the molecule is CCCn1c(COCCN)nc2ccc(F)cc21. The molecule has 1 heterocycles. The molecule has 2 aromatic rings. The largest absolute Gasteiger partial charge is 0.372 e. The Morgan fingerprint density at radius 3 is 3.00 bits per heavy atom. The van der Waals surface area contributed by atoms with E-state index in [9.17, 15) is 4.39 Å².